The Bertz CT molecular complexity index is 1050. The zero-order valence-corrected chi connectivity index (χ0v) is 19.0. The van der Waals surface area contributed by atoms with Crippen molar-refractivity contribution in [3.63, 3.8) is 0 Å². The molecule has 3 aromatic carbocycles. The van der Waals surface area contributed by atoms with Gasteiger partial charge in [0.05, 0.1) is 13.2 Å². The molecule has 0 radical (unpaired) electrons. The van der Waals surface area contributed by atoms with Crippen LogP contribution < -0.4 is 19.5 Å². The van der Waals surface area contributed by atoms with E-state index < -0.39 is 0 Å². The van der Waals surface area contributed by atoms with Gasteiger partial charge in [-0.25, -0.2) is 0 Å². The highest BCUT2D eigenvalue weighted by molar-refractivity contribution is 6.02. The molecule has 1 N–H and O–H groups in total. The second kappa shape index (κ2) is 12.9. The molecular weight excluding hydrogens is 418 g/mol. The van der Waals surface area contributed by atoms with Crippen LogP contribution in [0, 0.1) is 0 Å². The summed E-state index contributed by atoms with van der Waals surface area (Å²) < 4.78 is 22.4. The van der Waals surface area contributed by atoms with Crippen molar-refractivity contribution < 1.29 is 23.7 Å². The average molecular weight is 448 g/mol. The molecular formula is C27H29NO5. The molecule has 3 aromatic rings. The predicted octanol–water partition coefficient (Wildman–Crippen LogP) is 5.34. The maximum atomic E-state index is 12.4. The third-order valence-electron chi connectivity index (χ3n) is 4.62. The Kier molecular flexibility index (Phi) is 9.36. The summed E-state index contributed by atoms with van der Waals surface area (Å²) in [7, 11) is 1.62. The fourth-order valence-electron chi connectivity index (χ4n) is 3.11. The fraction of sp³-hybridized carbons (Fsp3) is 0.222. The highest BCUT2D eigenvalue weighted by Crippen LogP contribution is 2.29. The summed E-state index contributed by atoms with van der Waals surface area (Å²) in [6.45, 7) is 3.64. The first-order valence-electron chi connectivity index (χ1n) is 10.8. The maximum absolute atomic E-state index is 12.4. The van der Waals surface area contributed by atoms with Gasteiger partial charge >= 0.3 is 0 Å². The van der Waals surface area contributed by atoms with E-state index in [2.05, 4.69) is 5.32 Å². The van der Waals surface area contributed by atoms with E-state index in [0.717, 1.165) is 22.6 Å². The van der Waals surface area contributed by atoms with Crippen LogP contribution in [0.2, 0.25) is 0 Å². The van der Waals surface area contributed by atoms with Gasteiger partial charge in [-0.15, -0.1) is 0 Å². The van der Waals surface area contributed by atoms with E-state index >= 15 is 0 Å². The molecule has 6 heteroatoms. The molecule has 3 rings (SSSR count). The SMILES string of the molecule is CCOc1cc(/C=C/C(=O)Nc2ccccc2COC)ccc1OCCOc1ccccc1. The van der Waals surface area contributed by atoms with Crippen LogP contribution in [0.1, 0.15) is 18.1 Å². The standard InChI is InChI=1S/C27H29NO5/c1-3-31-26-19-21(13-15-25(26)33-18-17-32-23-10-5-4-6-11-23)14-16-27(29)28-24-12-8-7-9-22(24)20-30-2/h4-16,19H,3,17-18,20H2,1-2H3,(H,28,29)/b16-14+. The Morgan fingerprint density at radius 1 is 0.879 bits per heavy atom. The van der Waals surface area contributed by atoms with Gasteiger partial charge in [0.2, 0.25) is 5.91 Å². The van der Waals surface area contributed by atoms with Crippen molar-refractivity contribution in [1.29, 1.82) is 0 Å². The van der Waals surface area contributed by atoms with Crippen molar-refractivity contribution in [2.75, 3.05) is 32.2 Å². The minimum atomic E-state index is -0.227. The molecule has 6 nitrogen and oxygen atoms in total. The number of rotatable bonds is 12. The number of carbonyl (C=O) groups excluding carboxylic acids is 1. The lowest BCUT2D eigenvalue weighted by molar-refractivity contribution is -0.111. The second-order valence-corrected chi connectivity index (χ2v) is 7.06. The molecule has 0 bridgehead atoms. The predicted molar refractivity (Wildman–Crippen MR) is 130 cm³/mol. The molecule has 0 fully saturated rings. The van der Waals surface area contributed by atoms with Crippen molar-refractivity contribution in [2.24, 2.45) is 0 Å². The van der Waals surface area contributed by atoms with Crippen LogP contribution in [0.4, 0.5) is 5.69 Å². The van der Waals surface area contributed by atoms with Crippen molar-refractivity contribution >= 4 is 17.7 Å². The van der Waals surface area contributed by atoms with Crippen LogP contribution in [0.25, 0.3) is 6.08 Å². The zero-order chi connectivity index (χ0) is 23.3. The quantitative estimate of drug-likeness (QED) is 0.300. The first-order chi connectivity index (χ1) is 16.2. The van der Waals surface area contributed by atoms with Crippen molar-refractivity contribution in [3.05, 3.63) is 90.0 Å². The number of hydrogen-bond acceptors (Lipinski definition) is 5. The van der Waals surface area contributed by atoms with E-state index in [1.54, 1.807) is 13.2 Å². The number of para-hydroxylation sites is 2. The second-order valence-electron chi connectivity index (χ2n) is 7.06. The van der Waals surface area contributed by atoms with E-state index in [-0.39, 0.29) is 5.91 Å². The third-order valence-corrected chi connectivity index (χ3v) is 4.62. The van der Waals surface area contributed by atoms with Crippen molar-refractivity contribution in [3.8, 4) is 17.2 Å². The van der Waals surface area contributed by atoms with Crippen molar-refractivity contribution in [2.45, 2.75) is 13.5 Å². The molecule has 0 aliphatic rings. The Labute approximate surface area is 194 Å². The normalized spacial score (nSPS) is 10.7. The van der Waals surface area contributed by atoms with Gasteiger partial charge in [-0.3, -0.25) is 4.79 Å². The van der Waals surface area contributed by atoms with Crippen LogP contribution in [0.5, 0.6) is 17.2 Å². The van der Waals surface area contributed by atoms with Crippen LogP contribution in [0.15, 0.2) is 78.9 Å². The smallest absolute Gasteiger partial charge is 0.248 e. The van der Waals surface area contributed by atoms with Gasteiger partial charge in [0.25, 0.3) is 0 Å². The molecule has 0 spiro atoms. The molecule has 0 aliphatic carbocycles. The summed E-state index contributed by atoms with van der Waals surface area (Å²) in [6, 6.07) is 22.7. The van der Waals surface area contributed by atoms with Gasteiger partial charge in [-0.05, 0) is 48.9 Å². The molecule has 172 valence electrons. The lowest BCUT2D eigenvalue weighted by Crippen LogP contribution is -2.10. The molecule has 0 saturated heterocycles. The summed E-state index contributed by atoms with van der Waals surface area (Å²) in [4.78, 5) is 12.4. The van der Waals surface area contributed by atoms with Crippen LogP contribution in [-0.4, -0.2) is 32.8 Å². The fourth-order valence-corrected chi connectivity index (χ4v) is 3.11. The summed E-state index contributed by atoms with van der Waals surface area (Å²) in [5, 5.41) is 2.89. The molecule has 0 atom stereocenters. The molecule has 0 heterocycles. The molecule has 0 unspecified atom stereocenters. The van der Waals surface area contributed by atoms with Gasteiger partial charge in [-0.1, -0.05) is 42.5 Å². The van der Waals surface area contributed by atoms with E-state index in [1.165, 1.54) is 6.08 Å². The van der Waals surface area contributed by atoms with Crippen LogP contribution in [-0.2, 0) is 16.1 Å². The number of hydrogen-bond donors (Lipinski definition) is 1. The van der Waals surface area contributed by atoms with Gasteiger partial charge in [0, 0.05) is 24.4 Å². The largest absolute Gasteiger partial charge is 0.490 e. The van der Waals surface area contributed by atoms with Crippen LogP contribution in [0.3, 0.4) is 0 Å². The highest BCUT2D eigenvalue weighted by atomic mass is 16.5. The number of benzene rings is 3. The van der Waals surface area contributed by atoms with Gasteiger partial charge in [0.1, 0.15) is 19.0 Å². The number of amides is 1. The lowest BCUT2D eigenvalue weighted by atomic mass is 10.1. The number of ether oxygens (including phenoxy) is 4. The molecule has 33 heavy (non-hydrogen) atoms. The summed E-state index contributed by atoms with van der Waals surface area (Å²) >= 11 is 0. The van der Waals surface area contributed by atoms with Gasteiger partial charge in [0.15, 0.2) is 11.5 Å². The Morgan fingerprint density at radius 3 is 2.42 bits per heavy atom. The number of anilines is 1. The lowest BCUT2D eigenvalue weighted by Gasteiger charge is -2.13. The summed E-state index contributed by atoms with van der Waals surface area (Å²) in [5.41, 5.74) is 2.47. The maximum Gasteiger partial charge on any atom is 0.248 e. The van der Waals surface area contributed by atoms with Crippen molar-refractivity contribution in [1.82, 2.24) is 0 Å². The first kappa shape index (κ1) is 23.9. The third kappa shape index (κ3) is 7.70. The number of methoxy groups -OCH3 is 1. The van der Waals surface area contributed by atoms with Gasteiger partial charge in [-0.2, -0.15) is 0 Å². The minimum Gasteiger partial charge on any atom is -0.490 e. The Hall–Kier alpha value is -3.77. The van der Waals surface area contributed by atoms with E-state index in [9.17, 15) is 4.79 Å². The summed E-state index contributed by atoms with van der Waals surface area (Å²) in [5.74, 6) is 1.82. The van der Waals surface area contributed by atoms with Gasteiger partial charge < -0.3 is 24.3 Å². The molecule has 1 amide bonds. The minimum absolute atomic E-state index is 0.227. The van der Waals surface area contributed by atoms with E-state index in [1.807, 2.05) is 79.7 Å². The topological polar surface area (TPSA) is 66.0 Å². The average Bonchev–Trinajstić information content (AvgIpc) is 2.84. The molecule has 0 aliphatic heterocycles. The first-order valence-corrected chi connectivity index (χ1v) is 10.8. The highest BCUT2D eigenvalue weighted by Gasteiger charge is 2.07. The zero-order valence-electron chi connectivity index (χ0n) is 19.0. The molecule has 0 aromatic heterocycles. The van der Waals surface area contributed by atoms with Crippen LogP contribution >= 0.6 is 0 Å². The monoisotopic (exact) mass is 447 g/mol. The molecule has 0 saturated carbocycles. The Balaban J connectivity index is 1.58. The van der Waals surface area contributed by atoms with E-state index in [4.69, 9.17) is 18.9 Å². The summed E-state index contributed by atoms with van der Waals surface area (Å²) in [6.07, 6.45) is 3.22. The number of nitrogens with one attached hydrogen (secondary N) is 1. The van der Waals surface area contributed by atoms with E-state index in [0.29, 0.717) is 37.9 Å². The number of carbonyl (C=O) groups is 1. The Morgan fingerprint density at radius 2 is 1.64 bits per heavy atom.